The van der Waals surface area contributed by atoms with E-state index in [0.717, 1.165) is 44.6 Å². The topological polar surface area (TPSA) is 52.7 Å². The van der Waals surface area contributed by atoms with Crippen LogP contribution in [0.25, 0.3) is 0 Å². The molecule has 1 aromatic rings. The fraction of sp³-hybridized carbons (Fsp3) is 0.619. The van der Waals surface area contributed by atoms with Crippen molar-refractivity contribution >= 4 is 11.8 Å². The Balaban J connectivity index is 1.48. The van der Waals surface area contributed by atoms with Gasteiger partial charge in [-0.2, -0.15) is 0 Å². The molecule has 0 unspecified atom stereocenters. The van der Waals surface area contributed by atoms with Crippen molar-refractivity contribution in [2.24, 2.45) is 5.92 Å². The highest BCUT2D eigenvalue weighted by atomic mass is 16.2. The number of likely N-dealkylation sites (N-methyl/N-ethyl adjacent to an activating group) is 1. The molecule has 3 rings (SSSR count). The fourth-order valence-electron chi connectivity index (χ4n) is 4.21. The SMILES string of the molecule is CCN1CCC[C@@H]1CNC(=O)[C@H]1CCCN(C(=O)Cc2ccccc2)C1. The molecule has 2 aliphatic rings. The zero-order chi connectivity index (χ0) is 18.4. The predicted molar refractivity (Wildman–Crippen MR) is 103 cm³/mol. The van der Waals surface area contributed by atoms with Crippen LogP contribution < -0.4 is 5.32 Å². The first-order valence-corrected chi connectivity index (χ1v) is 10.0. The van der Waals surface area contributed by atoms with E-state index in [1.165, 1.54) is 12.8 Å². The number of nitrogens with zero attached hydrogens (tertiary/aromatic N) is 2. The van der Waals surface area contributed by atoms with E-state index in [4.69, 9.17) is 0 Å². The second-order valence-corrected chi connectivity index (χ2v) is 7.51. The van der Waals surface area contributed by atoms with Crippen LogP contribution in [0.2, 0.25) is 0 Å². The summed E-state index contributed by atoms with van der Waals surface area (Å²) in [4.78, 5) is 29.5. The van der Waals surface area contributed by atoms with Crippen LogP contribution in [0, 0.1) is 5.92 Å². The molecule has 5 heteroatoms. The first kappa shape index (κ1) is 18.9. The number of nitrogens with one attached hydrogen (secondary N) is 1. The van der Waals surface area contributed by atoms with Gasteiger partial charge in [0.2, 0.25) is 11.8 Å². The van der Waals surface area contributed by atoms with Crippen molar-refractivity contribution in [3.8, 4) is 0 Å². The molecule has 2 aliphatic heterocycles. The van der Waals surface area contributed by atoms with Crippen LogP contribution in [-0.4, -0.2) is 60.4 Å². The lowest BCUT2D eigenvalue weighted by Crippen LogP contribution is -2.48. The molecular weight excluding hydrogens is 326 g/mol. The van der Waals surface area contributed by atoms with Crippen LogP contribution in [0.5, 0.6) is 0 Å². The summed E-state index contributed by atoms with van der Waals surface area (Å²) in [7, 11) is 0. The Bertz CT molecular complexity index is 605. The molecule has 5 nitrogen and oxygen atoms in total. The maximum atomic E-state index is 12.6. The smallest absolute Gasteiger partial charge is 0.227 e. The molecule has 0 aliphatic carbocycles. The van der Waals surface area contributed by atoms with Crippen LogP contribution in [0.1, 0.15) is 38.2 Å². The average molecular weight is 357 g/mol. The summed E-state index contributed by atoms with van der Waals surface area (Å²) in [5.41, 5.74) is 1.03. The van der Waals surface area contributed by atoms with Gasteiger partial charge in [0.15, 0.2) is 0 Å². The molecule has 2 saturated heterocycles. The van der Waals surface area contributed by atoms with Crippen molar-refractivity contribution in [3.63, 3.8) is 0 Å². The number of benzene rings is 1. The van der Waals surface area contributed by atoms with Gasteiger partial charge in [-0.1, -0.05) is 37.3 Å². The van der Waals surface area contributed by atoms with E-state index in [9.17, 15) is 9.59 Å². The lowest BCUT2D eigenvalue weighted by atomic mass is 9.96. The number of rotatable bonds is 6. The Labute approximate surface area is 156 Å². The van der Waals surface area contributed by atoms with Crippen LogP contribution >= 0.6 is 0 Å². The molecule has 0 spiro atoms. The van der Waals surface area contributed by atoms with E-state index in [0.29, 0.717) is 19.0 Å². The molecular formula is C21H31N3O2. The third-order valence-electron chi connectivity index (χ3n) is 5.76. The zero-order valence-corrected chi connectivity index (χ0v) is 15.8. The predicted octanol–water partition coefficient (Wildman–Crippen LogP) is 2.07. The van der Waals surface area contributed by atoms with Crippen molar-refractivity contribution in [1.29, 1.82) is 0 Å². The molecule has 0 bridgehead atoms. The Morgan fingerprint density at radius 1 is 1.12 bits per heavy atom. The van der Waals surface area contributed by atoms with E-state index < -0.39 is 0 Å². The van der Waals surface area contributed by atoms with Gasteiger partial charge in [0.05, 0.1) is 12.3 Å². The minimum Gasteiger partial charge on any atom is -0.354 e. The lowest BCUT2D eigenvalue weighted by molar-refractivity contribution is -0.135. The minimum absolute atomic E-state index is 0.0695. The molecule has 26 heavy (non-hydrogen) atoms. The van der Waals surface area contributed by atoms with Gasteiger partial charge in [0.1, 0.15) is 0 Å². The summed E-state index contributed by atoms with van der Waals surface area (Å²) in [5.74, 6) is 0.173. The number of hydrogen-bond donors (Lipinski definition) is 1. The molecule has 2 amide bonds. The maximum Gasteiger partial charge on any atom is 0.227 e. The Kier molecular flexibility index (Phi) is 6.67. The number of hydrogen-bond acceptors (Lipinski definition) is 3. The van der Waals surface area contributed by atoms with Gasteiger partial charge in [-0.25, -0.2) is 0 Å². The zero-order valence-electron chi connectivity index (χ0n) is 15.8. The summed E-state index contributed by atoms with van der Waals surface area (Å²) < 4.78 is 0. The second-order valence-electron chi connectivity index (χ2n) is 7.51. The number of amides is 2. The molecule has 2 heterocycles. The quantitative estimate of drug-likeness (QED) is 0.848. The van der Waals surface area contributed by atoms with Crippen LogP contribution in [0.15, 0.2) is 30.3 Å². The lowest BCUT2D eigenvalue weighted by Gasteiger charge is -2.32. The van der Waals surface area contributed by atoms with Gasteiger partial charge < -0.3 is 10.2 Å². The van der Waals surface area contributed by atoms with E-state index in [2.05, 4.69) is 17.1 Å². The normalized spacial score (nSPS) is 23.8. The van der Waals surface area contributed by atoms with E-state index in [1.807, 2.05) is 35.2 Å². The summed E-state index contributed by atoms with van der Waals surface area (Å²) in [6, 6.07) is 10.3. The van der Waals surface area contributed by atoms with Gasteiger partial charge in [-0.05, 0) is 44.3 Å². The first-order valence-electron chi connectivity index (χ1n) is 10.0. The highest BCUT2D eigenvalue weighted by Gasteiger charge is 2.29. The van der Waals surface area contributed by atoms with Gasteiger partial charge in [-0.3, -0.25) is 14.5 Å². The van der Waals surface area contributed by atoms with Crippen molar-refractivity contribution in [2.75, 3.05) is 32.7 Å². The monoisotopic (exact) mass is 357 g/mol. The third-order valence-corrected chi connectivity index (χ3v) is 5.76. The largest absolute Gasteiger partial charge is 0.354 e. The van der Waals surface area contributed by atoms with Gasteiger partial charge >= 0.3 is 0 Å². The molecule has 0 aromatic heterocycles. The Hall–Kier alpha value is -1.88. The van der Waals surface area contributed by atoms with Crippen LogP contribution in [-0.2, 0) is 16.0 Å². The minimum atomic E-state index is -0.0695. The standard InChI is InChI=1S/C21H31N3O2/c1-2-23-12-7-11-19(23)15-22-21(26)18-10-6-13-24(16-18)20(25)14-17-8-4-3-5-9-17/h3-5,8-9,18-19H,2,6-7,10-16H2,1H3,(H,22,26)/t18-,19+/m0/s1. The highest BCUT2D eigenvalue weighted by Crippen LogP contribution is 2.19. The van der Waals surface area contributed by atoms with Crippen LogP contribution in [0.3, 0.4) is 0 Å². The molecule has 2 atom stereocenters. The molecule has 0 radical (unpaired) electrons. The Morgan fingerprint density at radius 3 is 2.65 bits per heavy atom. The molecule has 142 valence electrons. The maximum absolute atomic E-state index is 12.6. The fourth-order valence-corrected chi connectivity index (χ4v) is 4.21. The van der Waals surface area contributed by atoms with Gasteiger partial charge in [0, 0.05) is 25.7 Å². The summed E-state index contributed by atoms with van der Waals surface area (Å²) >= 11 is 0. The first-order chi connectivity index (χ1) is 12.7. The van der Waals surface area contributed by atoms with E-state index in [-0.39, 0.29) is 17.7 Å². The number of carbonyl (C=O) groups excluding carboxylic acids is 2. The molecule has 1 N–H and O–H groups in total. The third kappa shape index (κ3) is 4.85. The number of piperidine rings is 1. The average Bonchev–Trinajstić information content (AvgIpc) is 3.14. The summed E-state index contributed by atoms with van der Waals surface area (Å²) in [5, 5.41) is 3.15. The Morgan fingerprint density at radius 2 is 1.88 bits per heavy atom. The summed E-state index contributed by atoms with van der Waals surface area (Å²) in [6.45, 7) is 6.42. The van der Waals surface area contributed by atoms with Crippen LogP contribution in [0.4, 0.5) is 0 Å². The van der Waals surface area contributed by atoms with E-state index in [1.54, 1.807) is 0 Å². The van der Waals surface area contributed by atoms with E-state index >= 15 is 0 Å². The number of carbonyl (C=O) groups is 2. The second kappa shape index (κ2) is 9.17. The molecule has 2 fully saturated rings. The van der Waals surface area contributed by atoms with Crippen molar-refractivity contribution in [3.05, 3.63) is 35.9 Å². The summed E-state index contributed by atoms with van der Waals surface area (Å²) in [6.07, 6.45) is 4.59. The van der Waals surface area contributed by atoms with Crippen molar-refractivity contribution in [2.45, 2.75) is 45.1 Å². The molecule has 1 aromatic carbocycles. The van der Waals surface area contributed by atoms with Crippen molar-refractivity contribution < 1.29 is 9.59 Å². The molecule has 0 saturated carbocycles. The highest BCUT2D eigenvalue weighted by molar-refractivity contribution is 5.82. The van der Waals surface area contributed by atoms with Gasteiger partial charge in [-0.15, -0.1) is 0 Å². The number of likely N-dealkylation sites (tertiary alicyclic amines) is 2. The van der Waals surface area contributed by atoms with Crippen molar-refractivity contribution in [1.82, 2.24) is 15.1 Å². The van der Waals surface area contributed by atoms with Gasteiger partial charge in [0.25, 0.3) is 0 Å².